The van der Waals surface area contributed by atoms with Crippen molar-refractivity contribution in [2.45, 2.75) is 36.3 Å². The van der Waals surface area contributed by atoms with Gasteiger partial charge < -0.3 is 0 Å². The van der Waals surface area contributed by atoms with E-state index in [4.69, 9.17) is 0 Å². The highest BCUT2D eigenvalue weighted by molar-refractivity contribution is 8.00. The van der Waals surface area contributed by atoms with Crippen LogP contribution in [0.4, 0.5) is 0 Å². The maximum absolute atomic E-state index is 13.2. The zero-order chi connectivity index (χ0) is 18.6. The lowest BCUT2D eigenvalue weighted by atomic mass is 9.87. The summed E-state index contributed by atoms with van der Waals surface area (Å²) in [5, 5.41) is -0.251. The second kappa shape index (κ2) is 7.92. The van der Waals surface area contributed by atoms with Crippen LogP contribution in [0.5, 0.6) is 0 Å². The van der Waals surface area contributed by atoms with Crippen LogP contribution in [0.25, 0.3) is 0 Å². The summed E-state index contributed by atoms with van der Waals surface area (Å²) in [6.45, 7) is 6.63. The summed E-state index contributed by atoms with van der Waals surface area (Å²) in [7, 11) is 0. The zero-order valence-electron chi connectivity index (χ0n) is 15.5. The fraction of sp³-hybridized carbons (Fsp3) is 0.208. The van der Waals surface area contributed by atoms with Crippen molar-refractivity contribution < 1.29 is 4.79 Å². The predicted molar refractivity (Wildman–Crippen MR) is 111 cm³/mol. The molecule has 3 rings (SSSR count). The predicted octanol–water partition coefficient (Wildman–Crippen LogP) is 6.70. The van der Waals surface area contributed by atoms with Crippen LogP contribution in [-0.2, 0) is 5.41 Å². The lowest BCUT2D eigenvalue weighted by Crippen LogP contribution is -2.11. The fourth-order valence-corrected chi connectivity index (χ4v) is 3.93. The maximum Gasteiger partial charge on any atom is 0.180 e. The molecular weight excluding hydrogens is 336 g/mol. The number of carbonyl (C=O) groups is 1. The lowest BCUT2D eigenvalue weighted by Gasteiger charge is -2.20. The van der Waals surface area contributed by atoms with Crippen LogP contribution < -0.4 is 0 Å². The van der Waals surface area contributed by atoms with E-state index in [2.05, 4.69) is 45.0 Å². The Balaban J connectivity index is 1.91. The standard InChI is InChI=1S/C24H24OS/c1-24(2,3)20-14-16-21(17-15-20)26-23(19-12-8-5-9-13-19)22(25)18-10-6-4-7-11-18/h4-17,23H,1-3H3. The van der Waals surface area contributed by atoms with E-state index >= 15 is 0 Å². The van der Waals surface area contributed by atoms with Crippen molar-refractivity contribution >= 4 is 17.5 Å². The van der Waals surface area contributed by atoms with Crippen molar-refractivity contribution in [1.82, 2.24) is 0 Å². The van der Waals surface area contributed by atoms with Crippen LogP contribution in [-0.4, -0.2) is 5.78 Å². The van der Waals surface area contributed by atoms with Crippen molar-refractivity contribution in [3.63, 3.8) is 0 Å². The minimum Gasteiger partial charge on any atom is -0.293 e. The van der Waals surface area contributed by atoms with Gasteiger partial charge in [0.2, 0.25) is 0 Å². The molecule has 0 N–H and O–H groups in total. The second-order valence-corrected chi connectivity index (χ2v) is 8.59. The molecule has 0 amide bonds. The quantitative estimate of drug-likeness (QED) is 0.372. The van der Waals surface area contributed by atoms with Gasteiger partial charge in [-0.25, -0.2) is 0 Å². The molecule has 1 unspecified atom stereocenters. The number of thioether (sulfide) groups is 1. The van der Waals surface area contributed by atoms with Crippen molar-refractivity contribution in [3.8, 4) is 0 Å². The molecule has 0 fully saturated rings. The first-order valence-electron chi connectivity index (χ1n) is 8.86. The minimum absolute atomic E-state index is 0.127. The molecule has 0 heterocycles. The Hall–Kier alpha value is -2.32. The van der Waals surface area contributed by atoms with E-state index in [9.17, 15) is 4.79 Å². The van der Waals surface area contributed by atoms with Gasteiger partial charge in [-0.05, 0) is 28.7 Å². The average molecular weight is 361 g/mol. The third-order valence-electron chi connectivity index (χ3n) is 4.37. The first kappa shape index (κ1) is 18.5. The van der Waals surface area contributed by atoms with Gasteiger partial charge in [0.1, 0.15) is 0 Å². The topological polar surface area (TPSA) is 17.1 Å². The van der Waals surface area contributed by atoms with E-state index in [0.29, 0.717) is 0 Å². The number of Topliss-reactive ketones (excluding diaryl/α,β-unsaturated/α-hetero) is 1. The number of hydrogen-bond acceptors (Lipinski definition) is 2. The molecule has 0 aromatic heterocycles. The molecule has 0 aliphatic heterocycles. The molecule has 0 aliphatic carbocycles. The van der Waals surface area contributed by atoms with E-state index in [1.54, 1.807) is 11.8 Å². The lowest BCUT2D eigenvalue weighted by molar-refractivity contribution is 0.0989. The average Bonchev–Trinajstić information content (AvgIpc) is 2.66. The van der Waals surface area contributed by atoms with Gasteiger partial charge in [0.15, 0.2) is 5.78 Å². The molecule has 0 saturated carbocycles. The number of benzene rings is 3. The summed E-state index contributed by atoms with van der Waals surface area (Å²) < 4.78 is 0. The number of rotatable bonds is 5. The summed E-state index contributed by atoms with van der Waals surface area (Å²) in [6, 6.07) is 28.1. The Labute approximate surface area is 160 Å². The molecule has 0 radical (unpaired) electrons. The third kappa shape index (κ3) is 4.44. The van der Waals surface area contributed by atoms with Crippen LogP contribution in [0.2, 0.25) is 0 Å². The molecule has 3 aromatic carbocycles. The number of hydrogen-bond donors (Lipinski definition) is 0. The molecule has 1 nitrogen and oxygen atoms in total. The zero-order valence-corrected chi connectivity index (χ0v) is 16.3. The van der Waals surface area contributed by atoms with Crippen molar-refractivity contribution in [3.05, 3.63) is 102 Å². The molecule has 0 spiro atoms. The number of carbonyl (C=O) groups excluding carboxylic acids is 1. The van der Waals surface area contributed by atoms with Gasteiger partial charge >= 0.3 is 0 Å². The summed E-state index contributed by atoms with van der Waals surface area (Å²) in [5.41, 5.74) is 3.21. The SMILES string of the molecule is CC(C)(C)c1ccc(SC(C(=O)c2ccccc2)c2ccccc2)cc1. The van der Waals surface area contributed by atoms with E-state index in [1.807, 2.05) is 60.7 Å². The van der Waals surface area contributed by atoms with Crippen LogP contribution in [0.15, 0.2) is 89.8 Å². The molecule has 0 bridgehead atoms. The van der Waals surface area contributed by atoms with Gasteiger partial charge in [0, 0.05) is 10.5 Å². The Morgan fingerprint density at radius 2 is 1.31 bits per heavy atom. The van der Waals surface area contributed by atoms with E-state index in [0.717, 1.165) is 16.0 Å². The molecule has 0 saturated heterocycles. The van der Waals surface area contributed by atoms with Gasteiger partial charge in [0.25, 0.3) is 0 Å². The molecule has 2 heteroatoms. The fourth-order valence-electron chi connectivity index (χ4n) is 2.82. The molecule has 26 heavy (non-hydrogen) atoms. The summed E-state index contributed by atoms with van der Waals surface area (Å²) in [6.07, 6.45) is 0. The van der Waals surface area contributed by atoms with E-state index in [-0.39, 0.29) is 16.4 Å². The molecule has 1 atom stereocenters. The molecular formula is C24H24OS. The number of ketones is 1. The van der Waals surface area contributed by atoms with Gasteiger partial charge in [-0.2, -0.15) is 0 Å². The first-order valence-corrected chi connectivity index (χ1v) is 9.74. The van der Waals surface area contributed by atoms with Gasteiger partial charge in [-0.3, -0.25) is 4.79 Å². The van der Waals surface area contributed by atoms with Crippen LogP contribution in [0.3, 0.4) is 0 Å². The largest absolute Gasteiger partial charge is 0.293 e. The summed E-state index contributed by atoms with van der Waals surface area (Å²) in [5.74, 6) is 0.140. The normalized spacial score (nSPS) is 12.6. The molecule has 3 aromatic rings. The van der Waals surface area contributed by atoms with Crippen molar-refractivity contribution in [1.29, 1.82) is 0 Å². The van der Waals surface area contributed by atoms with E-state index < -0.39 is 0 Å². The second-order valence-electron chi connectivity index (χ2n) is 7.41. The minimum atomic E-state index is -0.251. The van der Waals surface area contributed by atoms with Crippen molar-refractivity contribution in [2.24, 2.45) is 0 Å². The van der Waals surface area contributed by atoms with Gasteiger partial charge in [-0.1, -0.05) is 93.6 Å². The van der Waals surface area contributed by atoms with Gasteiger partial charge in [0.05, 0.1) is 5.25 Å². The van der Waals surface area contributed by atoms with Crippen LogP contribution >= 0.6 is 11.8 Å². The summed E-state index contributed by atoms with van der Waals surface area (Å²) >= 11 is 1.61. The Bertz CT molecular complexity index is 846. The third-order valence-corrected chi connectivity index (χ3v) is 5.64. The van der Waals surface area contributed by atoms with Crippen LogP contribution in [0, 0.1) is 0 Å². The highest BCUT2D eigenvalue weighted by Crippen LogP contribution is 2.38. The Kier molecular flexibility index (Phi) is 5.63. The van der Waals surface area contributed by atoms with Crippen LogP contribution in [0.1, 0.15) is 47.5 Å². The highest BCUT2D eigenvalue weighted by atomic mass is 32.2. The molecule has 132 valence electrons. The van der Waals surface area contributed by atoms with Gasteiger partial charge in [-0.15, -0.1) is 11.8 Å². The molecule has 0 aliphatic rings. The first-order chi connectivity index (χ1) is 12.4. The maximum atomic E-state index is 13.2. The smallest absolute Gasteiger partial charge is 0.180 e. The highest BCUT2D eigenvalue weighted by Gasteiger charge is 2.23. The Morgan fingerprint density at radius 3 is 1.85 bits per heavy atom. The summed E-state index contributed by atoms with van der Waals surface area (Å²) in [4.78, 5) is 14.3. The Morgan fingerprint density at radius 1 is 0.769 bits per heavy atom. The van der Waals surface area contributed by atoms with Crippen molar-refractivity contribution in [2.75, 3.05) is 0 Å². The monoisotopic (exact) mass is 360 g/mol. The van der Waals surface area contributed by atoms with E-state index in [1.165, 1.54) is 5.56 Å².